The normalized spacial score (nSPS) is 11.1. The number of nitrogens with zero attached hydrogens (tertiary/aromatic N) is 2. The zero-order chi connectivity index (χ0) is 15.6. The van der Waals surface area contributed by atoms with Crippen molar-refractivity contribution >= 4 is 33.9 Å². The second-order valence-corrected chi connectivity index (χ2v) is 5.35. The van der Waals surface area contributed by atoms with Crippen molar-refractivity contribution in [2.24, 2.45) is 0 Å². The third-order valence-electron chi connectivity index (χ3n) is 3.67. The lowest BCUT2D eigenvalue weighted by atomic mass is 10.3. The second-order valence-electron chi connectivity index (χ2n) is 5.35. The number of hydrogen-bond donors (Lipinski definition) is 3. The number of benzene rings is 2. The van der Waals surface area contributed by atoms with E-state index in [-0.39, 0.29) is 5.91 Å². The van der Waals surface area contributed by atoms with Crippen LogP contribution in [0.25, 0.3) is 22.1 Å². The van der Waals surface area contributed by atoms with Crippen LogP contribution in [0, 0.1) is 0 Å². The van der Waals surface area contributed by atoms with Crippen molar-refractivity contribution in [3.63, 3.8) is 0 Å². The number of amides is 1. The molecule has 23 heavy (non-hydrogen) atoms. The fraction of sp³-hybridized carbons (Fsp3) is 0.118. The maximum Gasteiger partial charge on any atom is 0.227 e. The maximum atomic E-state index is 12.1. The van der Waals surface area contributed by atoms with Crippen molar-refractivity contribution in [3.05, 3.63) is 54.4 Å². The van der Waals surface area contributed by atoms with Gasteiger partial charge in [-0.2, -0.15) is 0 Å². The second kappa shape index (κ2) is 5.57. The molecule has 4 rings (SSSR count). The molecule has 0 aliphatic heterocycles. The van der Waals surface area contributed by atoms with Gasteiger partial charge in [0.05, 0.1) is 22.1 Å². The van der Waals surface area contributed by atoms with Gasteiger partial charge in [0, 0.05) is 12.8 Å². The Labute approximate surface area is 132 Å². The molecular weight excluding hydrogens is 290 g/mol. The molecule has 6 nitrogen and oxygen atoms in total. The van der Waals surface area contributed by atoms with Gasteiger partial charge in [-0.05, 0) is 24.3 Å². The molecule has 0 bridgehead atoms. The SMILES string of the molecule is O=C(CCc1nc2ccccc2[nH]1)Nc1nc2ccccc2[nH]1. The third kappa shape index (κ3) is 2.78. The number of nitrogens with one attached hydrogen (secondary N) is 3. The first kappa shape index (κ1) is 13.5. The summed E-state index contributed by atoms with van der Waals surface area (Å²) in [5.74, 6) is 1.19. The van der Waals surface area contributed by atoms with E-state index >= 15 is 0 Å². The zero-order valence-corrected chi connectivity index (χ0v) is 12.3. The number of hydrogen-bond acceptors (Lipinski definition) is 3. The number of H-pyrrole nitrogens is 2. The quantitative estimate of drug-likeness (QED) is 0.541. The van der Waals surface area contributed by atoms with E-state index in [1.807, 2.05) is 48.5 Å². The van der Waals surface area contributed by atoms with Gasteiger partial charge in [-0.25, -0.2) is 9.97 Å². The fourth-order valence-electron chi connectivity index (χ4n) is 2.56. The first-order valence-electron chi connectivity index (χ1n) is 7.46. The van der Waals surface area contributed by atoms with E-state index in [0.717, 1.165) is 27.9 Å². The molecular formula is C17H15N5O. The van der Waals surface area contributed by atoms with E-state index in [1.54, 1.807) is 0 Å². The summed E-state index contributed by atoms with van der Waals surface area (Å²) >= 11 is 0. The summed E-state index contributed by atoms with van der Waals surface area (Å²) in [4.78, 5) is 27.2. The van der Waals surface area contributed by atoms with E-state index in [0.29, 0.717) is 18.8 Å². The molecule has 0 saturated heterocycles. The molecule has 0 aliphatic carbocycles. The molecule has 0 radical (unpaired) electrons. The number of para-hydroxylation sites is 4. The molecule has 0 spiro atoms. The van der Waals surface area contributed by atoms with Crippen LogP contribution in [-0.4, -0.2) is 25.8 Å². The first-order valence-corrected chi connectivity index (χ1v) is 7.46. The maximum absolute atomic E-state index is 12.1. The largest absolute Gasteiger partial charge is 0.342 e. The highest BCUT2D eigenvalue weighted by Gasteiger charge is 2.09. The highest BCUT2D eigenvalue weighted by molar-refractivity contribution is 5.91. The van der Waals surface area contributed by atoms with Crippen molar-refractivity contribution < 1.29 is 4.79 Å². The van der Waals surface area contributed by atoms with E-state index in [9.17, 15) is 4.79 Å². The topological polar surface area (TPSA) is 86.5 Å². The zero-order valence-electron chi connectivity index (χ0n) is 12.3. The van der Waals surface area contributed by atoms with Crippen LogP contribution >= 0.6 is 0 Å². The third-order valence-corrected chi connectivity index (χ3v) is 3.67. The molecule has 114 valence electrons. The Bertz CT molecular complexity index is 919. The summed E-state index contributed by atoms with van der Waals surface area (Å²) in [6, 6.07) is 15.5. The number of aromatic nitrogens is 4. The Balaban J connectivity index is 1.41. The van der Waals surface area contributed by atoms with Gasteiger partial charge in [0.15, 0.2) is 0 Å². The number of fused-ring (bicyclic) bond motifs is 2. The highest BCUT2D eigenvalue weighted by Crippen LogP contribution is 2.14. The molecule has 2 heterocycles. The van der Waals surface area contributed by atoms with E-state index in [4.69, 9.17) is 0 Å². The number of rotatable bonds is 4. The smallest absolute Gasteiger partial charge is 0.227 e. The van der Waals surface area contributed by atoms with E-state index in [2.05, 4.69) is 25.3 Å². The monoisotopic (exact) mass is 305 g/mol. The van der Waals surface area contributed by atoms with Gasteiger partial charge in [0.1, 0.15) is 5.82 Å². The van der Waals surface area contributed by atoms with Gasteiger partial charge in [0.25, 0.3) is 0 Å². The van der Waals surface area contributed by atoms with Crippen LogP contribution in [-0.2, 0) is 11.2 Å². The van der Waals surface area contributed by atoms with Crippen LogP contribution in [0.1, 0.15) is 12.2 Å². The van der Waals surface area contributed by atoms with Crippen LogP contribution in [0.3, 0.4) is 0 Å². The van der Waals surface area contributed by atoms with Crippen LogP contribution in [0.5, 0.6) is 0 Å². The predicted octanol–water partition coefficient (Wildman–Crippen LogP) is 3.01. The molecule has 0 aliphatic rings. The van der Waals surface area contributed by atoms with Gasteiger partial charge < -0.3 is 9.97 Å². The summed E-state index contributed by atoms with van der Waals surface area (Å²) in [7, 11) is 0. The average molecular weight is 305 g/mol. The Hall–Kier alpha value is -3.15. The summed E-state index contributed by atoms with van der Waals surface area (Å²) in [5.41, 5.74) is 3.64. The van der Waals surface area contributed by atoms with Crippen molar-refractivity contribution in [1.82, 2.24) is 19.9 Å². The predicted molar refractivity (Wildman–Crippen MR) is 89.1 cm³/mol. The van der Waals surface area contributed by atoms with Crippen molar-refractivity contribution in [2.75, 3.05) is 5.32 Å². The molecule has 4 aromatic rings. The first-order chi connectivity index (χ1) is 11.3. The minimum atomic E-state index is -0.0930. The molecule has 2 aromatic carbocycles. The molecule has 1 amide bonds. The van der Waals surface area contributed by atoms with Crippen LogP contribution < -0.4 is 5.32 Å². The minimum Gasteiger partial charge on any atom is -0.342 e. The van der Waals surface area contributed by atoms with Crippen LogP contribution in [0.2, 0.25) is 0 Å². The number of aromatic amines is 2. The van der Waals surface area contributed by atoms with E-state index < -0.39 is 0 Å². The van der Waals surface area contributed by atoms with Gasteiger partial charge in [-0.15, -0.1) is 0 Å². The lowest BCUT2D eigenvalue weighted by Crippen LogP contribution is -2.13. The molecule has 6 heteroatoms. The Morgan fingerprint density at radius 2 is 1.57 bits per heavy atom. The summed E-state index contributed by atoms with van der Waals surface area (Å²) in [6.07, 6.45) is 0.900. The van der Waals surface area contributed by atoms with Crippen molar-refractivity contribution in [2.45, 2.75) is 12.8 Å². The summed E-state index contributed by atoms with van der Waals surface area (Å²) < 4.78 is 0. The molecule has 2 aromatic heterocycles. The molecule has 0 saturated carbocycles. The molecule has 3 N–H and O–H groups in total. The van der Waals surface area contributed by atoms with Gasteiger partial charge in [-0.1, -0.05) is 24.3 Å². The highest BCUT2D eigenvalue weighted by atomic mass is 16.1. The number of carbonyl (C=O) groups is 1. The van der Waals surface area contributed by atoms with Gasteiger partial charge in [-0.3, -0.25) is 10.1 Å². The van der Waals surface area contributed by atoms with Crippen molar-refractivity contribution in [3.8, 4) is 0 Å². The number of imidazole rings is 2. The average Bonchev–Trinajstić information content (AvgIpc) is 3.15. The Morgan fingerprint density at radius 3 is 2.26 bits per heavy atom. The lowest BCUT2D eigenvalue weighted by Gasteiger charge is -2.00. The van der Waals surface area contributed by atoms with Gasteiger partial charge in [0.2, 0.25) is 11.9 Å². The van der Waals surface area contributed by atoms with E-state index in [1.165, 1.54) is 0 Å². The summed E-state index contributed by atoms with van der Waals surface area (Å²) in [5, 5.41) is 2.79. The van der Waals surface area contributed by atoms with Crippen molar-refractivity contribution in [1.29, 1.82) is 0 Å². The lowest BCUT2D eigenvalue weighted by molar-refractivity contribution is -0.116. The molecule has 0 fully saturated rings. The molecule has 0 unspecified atom stereocenters. The standard InChI is InChI=1S/C17H15N5O/c23-16(22-17-20-13-7-3-4-8-14(13)21-17)10-9-15-18-11-5-1-2-6-12(11)19-15/h1-8H,9-10H2,(H,18,19)(H2,20,21,22,23). The van der Waals surface area contributed by atoms with Gasteiger partial charge >= 0.3 is 0 Å². The van der Waals surface area contributed by atoms with Crippen LogP contribution in [0.4, 0.5) is 5.95 Å². The Morgan fingerprint density at radius 1 is 0.913 bits per heavy atom. The number of anilines is 1. The fourth-order valence-corrected chi connectivity index (χ4v) is 2.56. The Kier molecular flexibility index (Phi) is 3.27. The molecule has 0 atom stereocenters. The summed E-state index contributed by atoms with van der Waals surface area (Å²) in [6.45, 7) is 0. The minimum absolute atomic E-state index is 0.0930. The van der Waals surface area contributed by atoms with Crippen LogP contribution in [0.15, 0.2) is 48.5 Å². The number of carbonyl (C=O) groups excluding carboxylic acids is 1. The number of aryl methyl sites for hydroxylation is 1.